The number of rotatable bonds is 3. The third-order valence-corrected chi connectivity index (χ3v) is 4.50. The van der Waals surface area contributed by atoms with Crippen LogP contribution in [0.25, 0.3) is 0 Å². The summed E-state index contributed by atoms with van der Waals surface area (Å²) in [6.45, 7) is 0.977. The number of nitrogens with zero attached hydrogens (tertiary/aromatic N) is 1. The molecule has 1 saturated heterocycles. The number of halogens is 2. The Morgan fingerprint density at radius 1 is 1.44 bits per heavy atom. The van der Waals surface area contributed by atoms with E-state index in [9.17, 15) is 8.78 Å². The van der Waals surface area contributed by atoms with Crippen molar-refractivity contribution in [1.29, 1.82) is 0 Å². The van der Waals surface area contributed by atoms with Gasteiger partial charge in [0, 0.05) is 29.7 Å². The van der Waals surface area contributed by atoms with Gasteiger partial charge in [0.15, 0.2) is 11.6 Å². The van der Waals surface area contributed by atoms with Gasteiger partial charge in [-0.1, -0.05) is 12.1 Å². The third kappa shape index (κ3) is 2.68. The maximum Gasteiger partial charge on any atom is 0.163 e. The molecule has 0 saturated carbocycles. The Balaban J connectivity index is 2.29. The smallest absolute Gasteiger partial charge is 0.163 e. The number of benzene rings is 1. The van der Waals surface area contributed by atoms with E-state index in [2.05, 4.69) is 10.2 Å². The van der Waals surface area contributed by atoms with Crippen LogP contribution in [-0.4, -0.2) is 43.1 Å². The van der Waals surface area contributed by atoms with Crippen molar-refractivity contribution in [2.24, 2.45) is 0 Å². The molecule has 5 heteroatoms. The van der Waals surface area contributed by atoms with Gasteiger partial charge >= 0.3 is 0 Å². The summed E-state index contributed by atoms with van der Waals surface area (Å²) in [5.74, 6) is 0.507. The number of nitrogens with one attached hydrogen (secondary N) is 1. The zero-order chi connectivity index (χ0) is 13.1. The molecule has 1 aromatic rings. The van der Waals surface area contributed by atoms with Crippen LogP contribution in [0.4, 0.5) is 8.78 Å². The van der Waals surface area contributed by atoms with Crippen LogP contribution < -0.4 is 5.32 Å². The average Bonchev–Trinajstić information content (AvgIpc) is 2.37. The van der Waals surface area contributed by atoms with Crippen molar-refractivity contribution >= 4 is 11.8 Å². The molecule has 0 radical (unpaired) electrons. The van der Waals surface area contributed by atoms with Crippen LogP contribution in [0, 0.1) is 11.6 Å². The second-order valence-corrected chi connectivity index (χ2v) is 5.68. The van der Waals surface area contributed by atoms with E-state index in [1.807, 2.05) is 18.8 Å². The summed E-state index contributed by atoms with van der Waals surface area (Å²) < 4.78 is 27.2. The van der Waals surface area contributed by atoms with Crippen molar-refractivity contribution in [1.82, 2.24) is 10.2 Å². The predicted molar refractivity (Wildman–Crippen MR) is 71.9 cm³/mol. The van der Waals surface area contributed by atoms with E-state index in [1.165, 1.54) is 0 Å². The highest BCUT2D eigenvalue weighted by molar-refractivity contribution is 7.99. The fourth-order valence-corrected chi connectivity index (χ4v) is 3.64. The van der Waals surface area contributed by atoms with E-state index in [-0.39, 0.29) is 12.1 Å². The molecule has 0 bridgehead atoms. The van der Waals surface area contributed by atoms with Crippen molar-refractivity contribution in [3.8, 4) is 0 Å². The molecular weight excluding hydrogens is 254 g/mol. The van der Waals surface area contributed by atoms with Crippen LogP contribution in [0.15, 0.2) is 18.2 Å². The number of likely N-dealkylation sites (N-methyl/N-ethyl adjacent to an activating group) is 2. The highest BCUT2D eigenvalue weighted by Crippen LogP contribution is 2.28. The molecule has 1 heterocycles. The lowest BCUT2D eigenvalue weighted by Crippen LogP contribution is -2.47. The second-order valence-electron chi connectivity index (χ2n) is 4.53. The first-order valence-corrected chi connectivity index (χ1v) is 7.19. The van der Waals surface area contributed by atoms with E-state index >= 15 is 0 Å². The Morgan fingerprint density at radius 3 is 2.89 bits per heavy atom. The van der Waals surface area contributed by atoms with Crippen LogP contribution in [0.3, 0.4) is 0 Å². The van der Waals surface area contributed by atoms with Crippen LogP contribution >= 0.6 is 11.8 Å². The first kappa shape index (κ1) is 13.8. The van der Waals surface area contributed by atoms with Crippen molar-refractivity contribution < 1.29 is 8.78 Å². The lowest BCUT2D eigenvalue weighted by atomic mass is 9.98. The van der Waals surface area contributed by atoms with E-state index in [4.69, 9.17) is 0 Å². The molecule has 18 heavy (non-hydrogen) atoms. The quantitative estimate of drug-likeness (QED) is 0.909. The Bertz CT molecular complexity index is 414. The maximum absolute atomic E-state index is 13.9. The SMILES string of the molecule is CNC(c1cccc(F)c1F)C1CSCCN1C. The molecule has 1 aliphatic rings. The molecule has 1 N–H and O–H groups in total. The van der Waals surface area contributed by atoms with E-state index in [0.717, 1.165) is 24.1 Å². The van der Waals surface area contributed by atoms with E-state index in [1.54, 1.807) is 19.2 Å². The summed E-state index contributed by atoms with van der Waals surface area (Å²) in [4.78, 5) is 2.21. The lowest BCUT2D eigenvalue weighted by molar-refractivity contribution is 0.218. The van der Waals surface area contributed by atoms with Gasteiger partial charge in [0.25, 0.3) is 0 Å². The molecule has 100 valence electrons. The molecule has 2 atom stereocenters. The van der Waals surface area contributed by atoms with Crippen LogP contribution in [-0.2, 0) is 0 Å². The van der Waals surface area contributed by atoms with Gasteiger partial charge in [0.1, 0.15) is 0 Å². The Morgan fingerprint density at radius 2 is 2.22 bits per heavy atom. The Labute approximate surface area is 111 Å². The van der Waals surface area contributed by atoms with Gasteiger partial charge in [-0.2, -0.15) is 11.8 Å². The van der Waals surface area contributed by atoms with Gasteiger partial charge in [-0.05, 0) is 20.2 Å². The monoisotopic (exact) mass is 272 g/mol. The summed E-state index contributed by atoms with van der Waals surface area (Å²) in [7, 11) is 3.83. The molecule has 0 aliphatic carbocycles. The van der Waals surface area contributed by atoms with E-state index in [0.29, 0.717) is 5.56 Å². The third-order valence-electron chi connectivity index (χ3n) is 3.46. The number of hydrogen-bond donors (Lipinski definition) is 1. The molecule has 1 aromatic carbocycles. The van der Waals surface area contributed by atoms with Gasteiger partial charge in [0.05, 0.1) is 6.04 Å². The highest BCUT2D eigenvalue weighted by Gasteiger charge is 2.30. The van der Waals surface area contributed by atoms with Gasteiger partial charge in [0.2, 0.25) is 0 Å². The molecule has 2 nitrogen and oxygen atoms in total. The number of hydrogen-bond acceptors (Lipinski definition) is 3. The first-order valence-electron chi connectivity index (χ1n) is 6.04. The second kappa shape index (κ2) is 5.99. The highest BCUT2D eigenvalue weighted by atomic mass is 32.2. The number of thioether (sulfide) groups is 1. The minimum Gasteiger partial charge on any atom is -0.312 e. The molecular formula is C13H18F2N2S. The summed E-state index contributed by atoms with van der Waals surface area (Å²) >= 11 is 1.86. The summed E-state index contributed by atoms with van der Waals surface area (Å²) in [5, 5.41) is 3.12. The molecule has 0 aromatic heterocycles. The molecule has 1 fully saturated rings. The standard InChI is InChI=1S/C13H18F2N2S/c1-16-13(11-8-18-7-6-17(11)2)9-4-3-5-10(14)12(9)15/h3-5,11,13,16H,6-8H2,1-2H3. The lowest BCUT2D eigenvalue weighted by Gasteiger charge is -2.38. The van der Waals surface area contributed by atoms with Crippen LogP contribution in [0.5, 0.6) is 0 Å². The van der Waals surface area contributed by atoms with Gasteiger partial charge in [-0.3, -0.25) is 4.90 Å². The average molecular weight is 272 g/mol. The fourth-order valence-electron chi connectivity index (χ4n) is 2.37. The fraction of sp³-hybridized carbons (Fsp3) is 0.538. The molecule has 2 rings (SSSR count). The van der Waals surface area contributed by atoms with Crippen LogP contribution in [0.2, 0.25) is 0 Å². The maximum atomic E-state index is 13.9. The van der Waals surface area contributed by atoms with Crippen molar-refractivity contribution in [2.75, 3.05) is 32.1 Å². The zero-order valence-corrected chi connectivity index (χ0v) is 11.4. The van der Waals surface area contributed by atoms with Crippen molar-refractivity contribution in [2.45, 2.75) is 12.1 Å². The largest absolute Gasteiger partial charge is 0.312 e. The molecule has 0 spiro atoms. The summed E-state index contributed by atoms with van der Waals surface area (Å²) in [5.41, 5.74) is 0.414. The van der Waals surface area contributed by atoms with Crippen LogP contribution in [0.1, 0.15) is 11.6 Å². The Kier molecular flexibility index (Phi) is 4.59. The minimum atomic E-state index is -0.779. The minimum absolute atomic E-state index is 0.182. The van der Waals surface area contributed by atoms with E-state index < -0.39 is 11.6 Å². The van der Waals surface area contributed by atoms with Gasteiger partial charge in [-0.25, -0.2) is 8.78 Å². The van der Waals surface area contributed by atoms with Crippen molar-refractivity contribution in [3.63, 3.8) is 0 Å². The molecule has 2 unspecified atom stereocenters. The van der Waals surface area contributed by atoms with Gasteiger partial charge in [-0.15, -0.1) is 0 Å². The van der Waals surface area contributed by atoms with Crippen molar-refractivity contribution in [3.05, 3.63) is 35.4 Å². The summed E-state index contributed by atoms with van der Waals surface area (Å²) in [6.07, 6.45) is 0. The van der Waals surface area contributed by atoms with Gasteiger partial charge < -0.3 is 5.32 Å². The first-order chi connectivity index (χ1) is 8.65. The molecule has 1 aliphatic heterocycles. The Hall–Kier alpha value is -0.650. The predicted octanol–water partition coefficient (Wildman–Crippen LogP) is 2.27. The normalized spacial score (nSPS) is 23.0. The topological polar surface area (TPSA) is 15.3 Å². The zero-order valence-electron chi connectivity index (χ0n) is 10.6. The summed E-state index contributed by atoms with van der Waals surface area (Å²) in [6, 6.07) is 4.38. The molecule has 0 amide bonds.